The minimum Gasteiger partial charge on any atom is -0.364 e. The molecular weight excluding hydrogens is 276 g/mol. The number of hydrogen-bond acceptors (Lipinski definition) is 6. The Labute approximate surface area is 124 Å². The van der Waals surface area contributed by atoms with Crippen molar-refractivity contribution in [3.8, 4) is 0 Å². The maximum atomic E-state index is 7.63. The van der Waals surface area contributed by atoms with Crippen LogP contribution in [0.4, 0.5) is 11.6 Å². The largest absolute Gasteiger partial charge is 0.364 e. The van der Waals surface area contributed by atoms with E-state index in [1.807, 2.05) is 0 Å². The standard InChI is InChI=1S/C13H19ClN6/c1-10(14)8-16-12-11(7-15)13(18-9-17-12)20-5-3-19(2)4-6-20/h7,9,15H,1,3-6,8H2,2H3,(H,16,17,18). The molecule has 2 N–H and O–H groups in total. The predicted octanol–water partition coefficient (Wildman–Crippen LogP) is 1.39. The third-order valence-corrected chi connectivity index (χ3v) is 3.39. The number of anilines is 2. The SMILES string of the molecule is C=C(Cl)CNc1ncnc(N2CCN(C)CC2)c1C=N. The van der Waals surface area contributed by atoms with Crippen LogP contribution >= 0.6 is 11.6 Å². The molecule has 1 fully saturated rings. The van der Waals surface area contributed by atoms with Crippen molar-refractivity contribution in [3.05, 3.63) is 23.5 Å². The highest BCUT2D eigenvalue weighted by Gasteiger charge is 2.19. The molecule has 7 heteroatoms. The highest BCUT2D eigenvalue weighted by molar-refractivity contribution is 6.29. The number of nitrogens with zero attached hydrogens (tertiary/aromatic N) is 4. The summed E-state index contributed by atoms with van der Waals surface area (Å²) >= 11 is 5.75. The molecule has 108 valence electrons. The van der Waals surface area contributed by atoms with Crippen LogP contribution in [0.1, 0.15) is 5.56 Å². The van der Waals surface area contributed by atoms with Gasteiger partial charge < -0.3 is 20.5 Å². The molecule has 0 aromatic carbocycles. The fourth-order valence-corrected chi connectivity index (χ4v) is 2.18. The molecule has 1 aliphatic heterocycles. The van der Waals surface area contributed by atoms with E-state index in [-0.39, 0.29) is 0 Å². The molecule has 0 saturated carbocycles. The minimum absolute atomic E-state index is 0.418. The molecule has 1 aromatic rings. The molecule has 2 rings (SSSR count). The molecule has 0 spiro atoms. The van der Waals surface area contributed by atoms with Gasteiger partial charge in [0.05, 0.1) is 12.1 Å². The zero-order chi connectivity index (χ0) is 14.5. The topological polar surface area (TPSA) is 68.1 Å². The van der Waals surface area contributed by atoms with Crippen LogP contribution in [0, 0.1) is 5.41 Å². The van der Waals surface area contributed by atoms with Crippen molar-refractivity contribution in [1.29, 1.82) is 5.41 Å². The van der Waals surface area contributed by atoms with Crippen LogP contribution in [0.25, 0.3) is 0 Å². The van der Waals surface area contributed by atoms with Crippen molar-refractivity contribution in [2.75, 3.05) is 50.0 Å². The van der Waals surface area contributed by atoms with E-state index >= 15 is 0 Å². The van der Waals surface area contributed by atoms with Crippen LogP contribution in [0.3, 0.4) is 0 Å². The Kier molecular flexibility index (Phi) is 4.92. The van der Waals surface area contributed by atoms with Crippen molar-refractivity contribution in [2.45, 2.75) is 0 Å². The van der Waals surface area contributed by atoms with E-state index in [0.29, 0.717) is 23.0 Å². The summed E-state index contributed by atoms with van der Waals surface area (Å²) in [5.41, 5.74) is 0.690. The maximum absolute atomic E-state index is 7.63. The molecule has 0 amide bonds. The number of hydrogen-bond donors (Lipinski definition) is 2. The van der Waals surface area contributed by atoms with Crippen LogP contribution in [0.2, 0.25) is 0 Å². The van der Waals surface area contributed by atoms with Gasteiger partial charge in [0.2, 0.25) is 0 Å². The van der Waals surface area contributed by atoms with E-state index < -0.39 is 0 Å². The van der Waals surface area contributed by atoms with Gasteiger partial charge in [-0.2, -0.15) is 0 Å². The molecule has 0 aliphatic carbocycles. The smallest absolute Gasteiger partial charge is 0.143 e. The van der Waals surface area contributed by atoms with Gasteiger partial charge in [-0.25, -0.2) is 9.97 Å². The second-order valence-corrected chi connectivity index (χ2v) is 5.30. The first-order valence-corrected chi connectivity index (χ1v) is 6.85. The van der Waals surface area contributed by atoms with Gasteiger partial charge in [0.15, 0.2) is 0 Å². The fraction of sp³-hybridized carbons (Fsp3) is 0.462. The van der Waals surface area contributed by atoms with Crippen LogP contribution in [0.15, 0.2) is 17.9 Å². The van der Waals surface area contributed by atoms with E-state index in [4.69, 9.17) is 17.0 Å². The minimum atomic E-state index is 0.418. The second kappa shape index (κ2) is 6.67. The summed E-state index contributed by atoms with van der Waals surface area (Å²) in [6.45, 7) is 7.83. The van der Waals surface area contributed by atoms with Crippen LogP contribution in [-0.4, -0.2) is 60.9 Å². The summed E-state index contributed by atoms with van der Waals surface area (Å²) < 4.78 is 0. The van der Waals surface area contributed by atoms with E-state index in [1.165, 1.54) is 12.5 Å². The van der Waals surface area contributed by atoms with Gasteiger partial charge in [0.1, 0.15) is 18.0 Å². The first-order chi connectivity index (χ1) is 9.61. The average Bonchev–Trinajstić information content (AvgIpc) is 2.45. The van der Waals surface area contributed by atoms with Crippen molar-refractivity contribution < 1.29 is 0 Å². The summed E-state index contributed by atoms with van der Waals surface area (Å²) in [6.07, 6.45) is 2.80. The van der Waals surface area contributed by atoms with E-state index in [0.717, 1.165) is 32.0 Å². The maximum Gasteiger partial charge on any atom is 0.143 e. The van der Waals surface area contributed by atoms with Gasteiger partial charge in [-0.05, 0) is 7.05 Å². The molecule has 0 atom stereocenters. The van der Waals surface area contributed by atoms with Gasteiger partial charge in [-0.3, -0.25) is 0 Å². The second-order valence-electron chi connectivity index (χ2n) is 4.77. The van der Waals surface area contributed by atoms with Crippen molar-refractivity contribution >= 4 is 29.5 Å². The Morgan fingerprint density at radius 1 is 1.45 bits per heavy atom. The monoisotopic (exact) mass is 294 g/mol. The predicted molar refractivity (Wildman–Crippen MR) is 83.1 cm³/mol. The number of nitrogens with one attached hydrogen (secondary N) is 2. The number of halogens is 1. The van der Waals surface area contributed by atoms with E-state index in [9.17, 15) is 0 Å². The summed E-state index contributed by atoms with van der Waals surface area (Å²) in [6, 6.07) is 0. The fourth-order valence-electron chi connectivity index (χ4n) is 2.11. The zero-order valence-corrected chi connectivity index (χ0v) is 12.3. The van der Waals surface area contributed by atoms with Gasteiger partial charge >= 0.3 is 0 Å². The number of piperazine rings is 1. The van der Waals surface area contributed by atoms with Crippen LogP contribution in [-0.2, 0) is 0 Å². The van der Waals surface area contributed by atoms with Crippen molar-refractivity contribution in [3.63, 3.8) is 0 Å². The lowest BCUT2D eigenvalue weighted by Gasteiger charge is -2.34. The van der Waals surface area contributed by atoms with Crippen molar-refractivity contribution in [1.82, 2.24) is 14.9 Å². The number of likely N-dealkylation sites (N-methyl/N-ethyl adjacent to an activating group) is 1. The Morgan fingerprint density at radius 2 is 2.15 bits per heavy atom. The molecule has 20 heavy (non-hydrogen) atoms. The van der Waals surface area contributed by atoms with Crippen LogP contribution in [0.5, 0.6) is 0 Å². The molecule has 1 aliphatic rings. The molecule has 6 nitrogen and oxygen atoms in total. The van der Waals surface area contributed by atoms with Gasteiger partial charge in [0.25, 0.3) is 0 Å². The van der Waals surface area contributed by atoms with Gasteiger partial charge in [0, 0.05) is 37.4 Å². The van der Waals surface area contributed by atoms with Crippen molar-refractivity contribution in [2.24, 2.45) is 0 Å². The summed E-state index contributed by atoms with van der Waals surface area (Å²) in [4.78, 5) is 13.0. The third kappa shape index (κ3) is 3.46. The third-order valence-electron chi connectivity index (χ3n) is 3.26. The highest BCUT2D eigenvalue weighted by atomic mass is 35.5. The van der Waals surface area contributed by atoms with Crippen LogP contribution < -0.4 is 10.2 Å². The molecule has 2 heterocycles. The molecule has 1 saturated heterocycles. The lowest BCUT2D eigenvalue weighted by atomic mass is 10.2. The van der Waals surface area contributed by atoms with E-state index in [2.05, 4.69) is 38.7 Å². The molecule has 0 bridgehead atoms. The summed E-state index contributed by atoms with van der Waals surface area (Å²) in [5.74, 6) is 1.41. The number of aromatic nitrogens is 2. The molecule has 0 unspecified atom stereocenters. The van der Waals surface area contributed by atoms with Gasteiger partial charge in [-0.1, -0.05) is 18.2 Å². The zero-order valence-electron chi connectivity index (χ0n) is 11.6. The lowest BCUT2D eigenvalue weighted by molar-refractivity contribution is 0.312. The summed E-state index contributed by atoms with van der Waals surface area (Å²) in [7, 11) is 2.11. The van der Waals surface area contributed by atoms with Gasteiger partial charge in [-0.15, -0.1) is 0 Å². The average molecular weight is 295 g/mol. The first kappa shape index (κ1) is 14.7. The molecular formula is C13H19ClN6. The highest BCUT2D eigenvalue weighted by Crippen LogP contribution is 2.22. The molecule has 0 radical (unpaired) electrons. The Morgan fingerprint density at radius 3 is 2.75 bits per heavy atom. The summed E-state index contributed by atoms with van der Waals surface area (Å²) in [5, 5.41) is 11.2. The van der Waals surface area contributed by atoms with E-state index in [1.54, 1.807) is 0 Å². The Balaban J connectivity index is 2.22. The quantitative estimate of drug-likeness (QED) is 0.803. The first-order valence-electron chi connectivity index (χ1n) is 6.48. The normalized spacial score (nSPS) is 16.0. The Bertz CT molecular complexity index is 496. The number of rotatable bonds is 5. The Hall–Kier alpha value is -1.66. The lowest BCUT2D eigenvalue weighted by Crippen LogP contribution is -2.45. The molecule has 1 aromatic heterocycles.